The monoisotopic (exact) mass is 390 g/mol. The first kappa shape index (κ1) is 20.9. The van der Waals surface area contributed by atoms with Gasteiger partial charge in [0.25, 0.3) is 5.91 Å². The zero-order valence-electron chi connectivity index (χ0n) is 15.7. The summed E-state index contributed by atoms with van der Waals surface area (Å²) >= 11 is 0. The molecule has 6 nitrogen and oxygen atoms in total. The van der Waals surface area contributed by atoms with Crippen LogP contribution >= 0.6 is 0 Å². The van der Waals surface area contributed by atoms with Gasteiger partial charge in [0.1, 0.15) is 11.6 Å². The molecule has 0 heterocycles. The van der Waals surface area contributed by atoms with E-state index in [4.69, 9.17) is 9.47 Å². The van der Waals surface area contributed by atoms with Gasteiger partial charge in [-0.15, -0.1) is 6.58 Å². The van der Waals surface area contributed by atoms with E-state index in [9.17, 15) is 18.4 Å². The maximum Gasteiger partial charge on any atom is 0.255 e. The highest BCUT2D eigenvalue weighted by Gasteiger charge is 2.18. The predicted octanol–water partition coefficient (Wildman–Crippen LogP) is 3.92. The molecule has 2 N–H and O–H groups in total. The van der Waals surface area contributed by atoms with Gasteiger partial charge in [-0.1, -0.05) is 6.08 Å². The number of allylic oxidation sites excluding steroid dienone is 1. The van der Waals surface area contributed by atoms with Crippen molar-refractivity contribution in [1.29, 1.82) is 0 Å². The minimum Gasteiger partial charge on any atom is -0.493 e. The van der Waals surface area contributed by atoms with Gasteiger partial charge in [0.05, 0.1) is 25.6 Å². The van der Waals surface area contributed by atoms with Crippen molar-refractivity contribution in [3.8, 4) is 11.5 Å². The van der Waals surface area contributed by atoms with Crippen molar-refractivity contribution in [3.05, 3.63) is 59.7 Å². The second-order valence-electron chi connectivity index (χ2n) is 5.81. The number of anilines is 2. The molecule has 2 aromatic carbocycles. The van der Waals surface area contributed by atoms with Crippen molar-refractivity contribution in [2.75, 3.05) is 24.9 Å². The molecule has 28 heavy (non-hydrogen) atoms. The van der Waals surface area contributed by atoms with E-state index in [0.29, 0.717) is 29.5 Å². The number of benzene rings is 2. The van der Waals surface area contributed by atoms with Crippen LogP contribution in [0.15, 0.2) is 36.9 Å². The first-order valence-corrected chi connectivity index (χ1v) is 8.24. The third-order valence-corrected chi connectivity index (χ3v) is 3.80. The summed E-state index contributed by atoms with van der Waals surface area (Å²) in [6.45, 7) is 4.85. The minimum absolute atomic E-state index is 0.180. The lowest BCUT2D eigenvalue weighted by atomic mass is 10.0. The topological polar surface area (TPSA) is 76.7 Å². The summed E-state index contributed by atoms with van der Waals surface area (Å²) in [5.41, 5.74) is 0.305. The summed E-state index contributed by atoms with van der Waals surface area (Å²) < 4.78 is 38.4. The van der Waals surface area contributed by atoms with Crippen LogP contribution in [0.3, 0.4) is 0 Å². The Morgan fingerprint density at radius 2 is 1.68 bits per heavy atom. The largest absolute Gasteiger partial charge is 0.493 e. The first-order chi connectivity index (χ1) is 13.3. The predicted molar refractivity (Wildman–Crippen MR) is 102 cm³/mol. The smallest absolute Gasteiger partial charge is 0.255 e. The zero-order chi connectivity index (χ0) is 20.8. The van der Waals surface area contributed by atoms with Gasteiger partial charge in [0.15, 0.2) is 11.5 Å². The van der Waals surface area contributed by atoms with Crippen LogP contribution in [0.2, 0.25) is 0 Å². The molecule has 0 aliphatic carbocycles. The molecule has 0 unspecified atom stereocenters. The molecule has 0 spiro atoms. The van der Waals surface area contributed by atoms with Crippen molar-refractivity contribution in [2.45, 2.75) is 13.3 Å². The number of nitrogens with one attached hydrogen (secondary N) is 2. The molecule has 148 valence electrons. The minimum atomic E-state index is -0.980. The average Bonchev–Trinajstić information content (AvgIpc) is 2.64. The van der Waals surface area contributed by atoms with Gasteiger partial charge in [-0.2, -0.15) is 0 Å². The quantitative estimate of drug-likeness (QED) is 0.703. The second kappa shape index (κ2) is 8.98. The first-order valence-electron chi connectivity index (χ1n) is 8.24. The molecule has 0 radical (unpaired) electrons. The highest BCUT2D eigenvalue weighted by molar-refractivity contribution is 6.05. The Balaban J connectivity index is 2.41. The van der Waals surface area contributed by atoms with Gasteiger partial charge in [0.2, 0.25) is 5.91 Å². The number of hydrogen-bond donors (Lipinski definition) is 2. The maximum absolute atomic E-state index is 14.1. The lowest BCUT2D eigenvalue weighted by Gasteiger charge is -2.15. The van der Waals surface area contributed by atoms with E-state index in [-0.39, 0.29) is 16.9 Å². The zero-order valence-corrected chi connectivity index (χ0v) is 15.7. The van der Waals surface area contributed by atoms with Gasteiger partial charge in [-0.05, 0) is 24.6 Å². The number of carbonyl (C=O) groups is 2. The molecule has 0 atom stereocenters. The van der Waals surface area contributed by atoms with E-state index >= 15 is 0 Å². The fourth-order valence-electron chi connectivity index (χ4n) is 2.61. The number of hydrogen-bond acceptors (Lipinski definition) is 4. The lowest BCUT2D eigenvalue weighted by molar-refractivity contribution is -0.114. The fourth-order valence-corrected chi connectivity index (χ4v) is 2.61. The lowest BCUT2D eigenvalue weighted by Crippen LogP contribution is -2.15. The molecular formula is C20H20F2N2O4. The van der Waals surface area contributed by atoms with Gasteiger partial charge in [0, 0.05) is 24.1 Å². The summed E-state index contributed by atoms with van der Waals surface area (Å²) in [5, 5.41) is 4.60. The molecule has 0 fully saturated rings. The Hall–Kier alpha value is -3.42. The summed E-state index contributed by atoms with van der Waals surface area (Å²) in [5.74, 6) is -2.33. The normalized spacial score (nSPS) is 10.2. The summed E-state index contributed by atoms with van der Waals surface area (Å²) in [4.78, 5) is 23.8. The van der Waals surface area contributed by atoms with Crippen LogP contribution in [-0.4, -0.2) is 26.0 Å². The molecule has 2 rings (SSSR count). The van der Waals surface area contributed by atoms with Crippen LogP contribution in [0.1, 0.15) is 22.8 Å². The van der Waals surface area contributed by atoms with Crippen molar-refractivity contribution < 1.29 is 27.8 Å². The van der Waals surface area contributed by atoms with E-state index in [1.54, 1.807) is 12.1 Å². The van der Waals surface area contributed by atoms with E-state index in [2.05, 4.69) is 17.2 Å². The van der Waals surface area contributed by atoms with Crippen molar-refractivity contribution in [3.63, 3.8) is 0 Å². The van der Waals surface area contributed by atoms with E-state index in [1.165, 1.54) is 27.2 Å². The third kappa shape index (κ3) is 4.64. The molecule has 0 aliphatic heterocycles. The molecule has 2 aromatic rings. The SMILES string of the molecule is C=CCc1cc(C(=O)Nc2cc(NC(C)=O)c(F)cc2F)cc(OC)c1OC. The fraction of sp³-hybridized carbons (Fsp3) is 0.200. The van der Waals surface area contributed by atoms with Crippen LogP contribution in [-0.2, 0) is 11.2 Å². The van der Waals surface area contributed by atoms with Gasteiger partial charge >= 0.3 is 0 Å². The van der Waals surface area contributed by atoms with E-state index < -0.39 is 23.4 Å². The van der Waals surface area contributed by atoms with Crippen LogP contribution in [0.5, 0.6) is 11.5 Å². The van der Waals surface area contributed by atoms with Crippen LogP contribution in [0.4, 0.5) is 20.2 Å². The third-order valence-electron chi connectivity index (χ3n) is 3.80. The van der Waals surface area contributed by atoms with Gasteiger partial charge < -0.3 is 20.1 Å². The number of rotatable bonds is 7. The van der Waals surface area contributed by atoms with Crippen molar-refractivity contribution >= 4 is 23.2 Å². The number of ether oxygens (including phenoxy) is 2. The maximum atomic E-state index is 14.1. The number of carbonyl (C=O) groups excluding carboxylic acids is 2. The molecular weight excluding hydrogens is 370 g/mol. The average molecular weight is 390 g/mol. The van der Waals surface area contributed by atoms with Crippen molar-refractivity contribution in [1.82, 2.24) is 0 Å². The second-order valence-corrected chi connectivity index (χ2v) is 5.81. The van der Waals surface area contributed by atoms with Crippen LogP contribution in [0, 0.1) is 11.6 Å². The Morgan fingerprint density at radius 3 is 2.21 bits per heavy atom. The van der Waals surface area contributed by atoms with Gasteiger partial charge in [-0.25, -0.2) is 8.78 Å². The van der Waals surface area contributed by atoms with E-state index in [0.717, 1.165) is 6.07 Å². The number of methoxy groups -OCH3 is 2. The number of halogens is 2. The van der Waals surface area contributed by atoms with Crippen LogP contribution < -0.4 is 20.1 Å². The molecule has 0 aliphatic rings. The Morgan fingerprint density at radius 1 is 1.04 bits per heavy atom. The van der Waals surface area contributed by atoms with Gasteiger partial charge in [-0.3, -0.25) is 9.59 Å². The summed E-state index contributed by atoms with van der Waals surface area (Å²) in [6, 6.07) is 4.60. The Bertz CT molecular complexity index is 929. The highest BCUT2D eigenvalue weighted by Crippen LogP contribution is 2.33. The standard InChI is InChI=1S/C20H20F2N2O4/c1-5-6-12-7-13(8-18(27-3)19(12)28-4)20(26)24-17-10-16(23-11(2)25)14(21)9-15(17)22/h5,7-10H,1,6H2,2-4H3,(H,23,25)(H,24,26). The van der Waals surface area contributed by atoms with Crippen molar-refractivity contribution in [2.24, 2.45) is 0 Å². The Kier molecular flexibility index (Phi) is 6.70. The summed E-state index contributed by atoms with van der Waals surface area (Å²) in [6.07, 6.45) is 2.05. The number of amides is 2. The Labute approximate surface area is 161 Å². The summed E-state index contributed by atoms with van der Waals surface area (Å²) in [7, 11) is 2.90. The molecule has 8 heteroatoms. The van der Waals surface area contributed by atoms with E-state index in [1.807, 2.05) is 0 Å². The molecule has 0 aromatic heterocycles. The molecule has 0 saturated carbocycles. The van der Waals surface area contributed by atoms with Crippen LogP contribution in [0.25, 0.3) is 0 Å². The molecule has 0 bridgehead atoms. The molecule has 0 saturated heterocycles. The highest BCUT2D eigenvalue weighted by atomic mass is 19.1. The molecule has 2 amide bonds.